The molecule has 0 saturated heterocycles. The van der Waals surface area contributed by atoms with Crippen molar-refractivity contribution in [2.75, 3.05) is 0 Å². The fourth-order valence-corrected chi connectivity index (χ4v) is 2.73. The zero-order valence-corrected chi connectivity index (χ0v) is 14.5. The van der Waals surface area contributed by atoms with Gasteiger partial charge in [-0.3, -0.25) is 4.79 Å². The van der Waals surface area contributed by atoms with Crippen molar-refractivity contribution in [3.05, 3.63) is 95.0 Å². The summed E-state index contributed by atoms with van der Waals surface area (Å²) in [6.45, 7) is 1.81. The van der Waals surface area contributed by atoms with E-state index >= 15 is 0 Å². The lowest BCUT2D eigenvalue weighted by molar-refractivity contribution is 0.0955. The van der Waals surface area contributed by atoms with Crippen molar-refractivity contribution in [2.24, 2.45) is 5.10 Å². The van der Waals surface area contributed by atoms with Crippen LogP contribution in [0.5, 0.6) is 0 Å². The van der Waals surface area contributed by atoms with Crippen LogP contribution >= 0.6 is 11.6 Å². The summed E-state index contributed by atoms with van der Waals surface area (Å²) >= 11 is 6.13. The number of rotatable bonds is 4. The zero-order chi connectivity index (χ0) is 17.6. The molecule has 3 aromatic rings. The second-order valence-corrected chi connectivity index (χ2v) is 5.97. The van der Waals surface area contributed by atoms with Gasteiger partial charge in [-0.2, -0.15) is 5.10 Å². The maximum Gasteiger partial charge on any atom is 0.271 e. The Hall–Kier alpha value is -2.91. The number of hydrogen-bond acceptors (Lipinski definition) is 2. The third-order valence-electron chi connectivity index (χ3n) is 3.84. The van der Waals surface area contributed by atoms with E-state index in [4.69, 9.17) is 11.6 Å². The number of nitrogens with zero attached hydrogens (tertiary/aromatic N) is 1. The topological polar surface area (TPSA) is 41.5 Å². The van der Waals surface area contributed by atoms with Crippen LogP contribution in [0, 0.1) is 0 Å². The van der Waals surface area contributed by atoms with Crippen molar-refractivity contribution in [3.63, 3.8) is 0 Å². The average Bonchev–Trinajstić information content (AvgIpc) is 2.67. The third kappa shape index (κ3) is 4.14. The Labute approximate surface area is 152 Å². The van der Waals surface area contributed by atoms with Crippen LogP contribution in [0.2, 0.25) is 5.02 Å². The van der Waals surface area contributed by atoms with Crippen molar-refractivity contribution < 1.29 is 4.79 Å². The van der Waals surface area contributed by atoms with Crippen molar-refractivity contribution in [3.8, 4) is 11.1 Å². The van der Waals surface area contributed by atoms with Gasteiger partial charge >= 0.3 is 0 Å². The Kier molecular flexibility index (Phi) is 5.26. The first-order valence-corrected chi connectivity index (χ1v) is 8.28. The number of nitrogens with one attached hydrogen (secondary N) is 1. The van der Waals surface area contributed by atoms with Gasteiger partial charge in [0.1, 0.15) is 0 Å². The number of hydrogen-bond donors (Lipinski definition) is 1. The molecule has 0 aliphatic heterocycles. The number of amides is 1. The molecule has 0 heterocycles. The molecule has 124 valence electrons. The second-order valence-electron chi connectivity index (χ2n) is 5.56. The summed E-state index contributed by atoms with van der Waals surface area (Å²) in [5.41, 5.74) is 6.75. The van der Waals surface area contributed by atoms with Crippen LogP contribution in [0.1, 0.15) is 22.8 Å². The van der Waals surface area contributed by atoms with Gasteiger partial charge in [0.15, 0.2) is 0 Å². The van der Waals surface area contributed by atoms with E-state index in [-0.39, 0.29) is 5.91 Å². The van der Waals surface area contributed by atoms with Gasteiger partial charge in [0.25, 0.3) is 5.91 Å². The van der Waals surface area contributed by atoms with Crippen LogP contribution in [0.4, 0.5) is 0 Å². The molecule has 0 saturated carbocycles. The summed E-state index contributed by atoms with van der Waals surface area (Å²) in [5, 5.41) is 4.75. The molecule has 0 radical (unpaired) electrons. The third-order valence-corrected chi connectivity index (χ3v) is 4.17. The van der Waals surface area contributed by atoms with E-state index in [1.807, 2.05) is 60.7 Å². The maximum absolute atomic E-state index is 12.3. The van der Waals surface area contributed by atoms with Crippen LogP contribution in [0.3, 0.4) is 0 Å². The van der Waals surface area contributed by atoms with E-state index in [0.29, 0.717) is 16.3 Å². The molecule has 3 nitrogen and oxygen atoms in total. The Morgan fingerprint density at radius 2 is 1.44 bits per heavy atom. The second kappa shape index (κ2) is 7.77. The molecule has 4 heteroatoms. The molecule has 0 unspecified atom stereocenters. The van der Waals surface area contributed by atoms with Crippen LogP contribution in [-0.4, -0.2) is 11.6 Å². The van der Waals surface area contributed by atoms with Gasteiger partial charge in [0, 0.05) is 16.1 Å². The minimum absolute atomic E-state index is 0.258. The first kappa shape index (κ1) is 16.9. The van der Waals surface area contributed by atoms with E-state index in [0.717, 1.165) is 16.7 Å². The first-order valence-electron chi connectivity index (χ1n) is 7.90. The molecule has 0 atom stereocenters. The van der Waals surface area contributed by atoms with Gasteiger partial charge in [-0.05, 0) is 36.2 Å². The highest BCUT2D eigenvalue weighted by molar-refractivity contribution is 6.34. The van der Waals surface area contributed by atoms with Crippen LogP contribution < -0.4 is 5.43 Å². The quantitative estimate of drug-likeness (QED) is 0.513. The smallest absolute Gasteiger partial charge is 0.267 e. The molecule has 25 heavy (non-hydrogen) atoms. The number of carbonyl (C=O) groups excluding carboxylic acids is 1. The van der Waals surface area contributed by atoms with Gasteiger partial charge in [0.05, 0.1) is 5.71 Å². The standard InChI is InChI=1S/C21H17ClN2O/c1-15(19-9-5-6-10-20(19)22)23-24-21(25)18-13-11-17(12-14-18)16-7-3-2-4-8-16/h2-14H,1H3,(H,24,25)/b23-15+. The molecule has 1 N–H and O–H groups in total. The minimum Gasteiger partial charge on any atom is -0.267 e. The zero-order valence-electron chi connectivity index (χ0n) is 13.7. The summed E-state index contributed by atoms with van der Waals surface area (Å²) in [5.74, 6) is -0.258. The summed E-state index contributed by atoms with van der Waals surface area (Å²) in [6, 6.07) is 24.8. The molecular weight excluding hydrogens is 332 g/mol. The van der Waals surface area contributed by atoms with Crippen molar-refractivity contribution in [1.82, 2.24) is 5.43 Å². The fraction of sp³-hybridized carbons (Fsp3) is 0.0476. The molecule has 0 spiro atoms. The first-order chi connectivity index (χ1) is 12.1. The molecular formula is C21H17ClN2O. The van der Waals surface area contributed by atoms with E-state index in [1.54, 1.807) is 25.1 Å². The van der Waals surface area contributed by atoms with Crippen molar-refractivity contribution in [2.45, 2.75) is 6.92 Å². The van der Waals surface area contributed by atoms with Gasteiger partial charge in [-0.25, -0.2) is 5.43 Å². The highest BCUT2D eigenvalue weighted by atomic mass is 35.5. The van der Waals surface area contributed by atoms with Crippen molar-refractivity contribution in [1.29, 1.82) is 0 Å². The van der Waals surface area contributed by atoms with Gasteiger partial charge < -0.3 is 0 Å². The van der Waals surface area contributed by atoms with E-state index in [2.05, 4.69) is 10.5 Å². The largest absolute Gasteiger partial charge is 0.271 e. The number of benzene rings is 3. The van der Waals surface area contributed by atoms with Gasteiger partial charge in [-0.1, -0.05) is 72.3 Å². The molecule has 0 fully saturated rings. The van der Waals surface area contributed by atoms with Gasteiger partial charge in [-0.15, -0.1) is 0 Å². The van der Waals surface area contributed by atoms with Crippen LogP contribution in [0.15, 0.2) is 84.0 Å². The Morgan fingerprint density at radius 1 is 0.840 bits per heavy atom. The Morgan fingerprint density at radius 3 is 2.12 bits per heavy atom. The normalized spacial score (nSPS) is 11.2. The van der Waals surface area contributed by atoms with Gasteiger partial charge in [0.2, 0.25) is 0 Å². The highest BCUT2D eigenvalue weighted by Crippen LogP contribution is 2.19. The summed E-state index contributed by atoms with van der Waals surface area (Å²) in [4.78, 5) is 12.3. The summed E-state index contributed by atoms with van der Waals surface area (Å²) in [6.07, 6.45) is 0. The predicted molar refractivity (Wildman–Crippen MR) is 103 cm³/mol. The van der Waals surface area contributed by atoms with Crippen LogP contribution in [0.25, 0.3) is 11.1 Å². The predicted octanol–water partition coefficient (Wildman–Crippen LogP) is 5.16. The van der Waals surface area contributed by atoms with Crippen LogP contribution in [-0.2, 0) is 0 Å². The maximum atomic E-state index is 12.3. The number of hydrazone groups is 1. The molecule has 3 aromatic carbocycles. The molecule has 0 aromatic heterocycles. The molecule has 0 aliphatic carbocycles. The highest BCUT2D eigenvalue weighted by Gasteiger charge is 2.07. The number of halogens is 1. The number of carbonyl (C=O) groups is 1. The molecule has 0 bridgehead atoms. The Bertz CT molecular complexity index is 903. The average molecular weight is 349 g/mol. The molecule has 3 rings (SSSR count). The van der Waals surface area contributed by atoms with E-state index < -0.39 is 0 Å². The van der Waals surface area contributed by atoms with E-state index in [1.165, 1.54) is 0 Å². The SMILES string of the molecule is C/C(=N\NC(=O)c1ccc(-c2ccccc2)cc1)c1ccccc1Cl. The molecule has 1 amide bonds. The lowest BCUT2D eigenvalue weighted by Crippen LogP contribution is -2.19. The van der Waals surface area contributed by atoms with Crippen molar-refractivity contribution >= 4 is 23.2 Å². The summed E-state index contributed by atoms with van der Waals surface area (Å²) in [7, 11) is 0. The Balaban J connectivity index is 1.71. The minimum atomic E-state index is -0.258. The fourth-order valence-electron chi connectivity index (χ4n) is 2.46. The summed E-state index contributed by atoms with van der Waals surface area (Å²) < 4.78 is 0. The molecule has 0 aliphatic rings. The monoisotopic (exact) mass is 348 g/mol. The lowest BCUT2D eigenvalue weighted by atomic mass is 10.0. The lowest BCUT2D eigenvalue weighted by Gasteiger charge is -2.06. The van der Waals surface area contributed by atoms with E-state index in [9.17, 15) is 4.79 Å².